The zero-order chi connectivity index (χ0) is 22.8. The molecule has 5 rings (SSSR count). The molecule has 1 N–H and O–H groups in total. The van der Waals surface area contributed by atoms with Crippen molar-refractivity contribution in [2.24, 2.45) is 0 Å². The van der Waals surface area contributed by atoms with Crippen LogP contribution < -0.4 is 5.32 Å². The average Bonchev–Trinajstić information content (AvgIpc) is 3.07. The van der Waals surface area contributed by atoms with Gasteiger partial charge in [0.1, 0.15) is 12.6 Å². The molecule has 0 saturated carbocycles. The Labute approximate surface area is 193 Å². The fourth-order valence-corrected chi connectivity index (χ4v) is 4.96. The third-order valence-electron chi connectivity index (χ3n) is 6.74. The van der Waals surface area contributed by atoms with Gasteiger partial charge in [-0.05, 0) is 54.6 Å². The van der Waals surface area contributed by atoms with E-state index in [1.807, 2.05) is 48.5 Å². The van der Waals surface area contributed by atoms with Crippen LogP contribution in [0.1, 0.15) is 29.5 Å². The van der Waals surface area contributed by atoms with Gasteiger partial charge in [0, 0.05) is 18.8 Å². The number of carbonyl (C=O) groups is 3. The van der Waals surface area contributed by atoms with Crippen molar-refractivity contribution in [3.63, 3.8) is 0 Å². The second kappa shape index (κ2) is 9.37. The predicted octanol–water partition coefficient (Wildman–Crippen LogP) is 1.93. The summed E-state index contributed by atoms with van der Waals surface area (Å²) in [6, 6.07) is 14.9. The van der Waals surface area contributed by atoms with Crippen LogP contribution in [-0.2, 0) is 34.0 Å². The number of anilines is 1. The van der Waals surface area contributed by atoms with Crippen molar-refractivity contribution in [2.75, 3.05) is 18.4 Å². The molecular weight excluding hydrogens is 419 g/mol. The summed E-state index contributed by atoms with van der Waals surface area (Å²) in [6.45, 7) is 2.40. The van der Waals surface area contributed by atoms with Crippen molar-refractivity contribution >= 4 is 31.2 Å². The number of amides is 3. The number of fused-ring (bicyclic) bond motifs is 3. The van der Waals surface area contributed by atoms with Gasteiger partial charge < -0.3 is 19.8 Å². The average molecular weight is 446 g/mol. The third-order valence-corrected chi connectivity index (χ3v) is 6.74. The van der Waals surface area contributed by atoms with Crippen molar-refractivity contribution in [2.45, 2.75) is 44.5 Å². The summed E-state index contributed by atoms with van der Waals surface area (Å²) in [5.41, 5.74) is 4.12. The number of urea groups is 1. The van der Waals surface area contributed by atoms with Crippen LogP contribution in [0.4, 0.5) is 10.5 Å². The molecule has 2 saturated heterocycles. The van der Waals surface area contributed by atoms with E-state index in [0.29, 0.717) is 27.0 Å². The summed E-state index contributed by atoms with van der Waals surface area (Å²) >= 11 is 0. The predicted molar refractivity (Wildman–Crippen MR) is 125 cm³/mol. The topological polar surface area (TPSA) is 82.2 Å². The highest BCUT2D eigenvalue weighted by molar-refractivity contribution is 6.64. The number of rotatable bonds is 7. The van der Waals surface area contributed by atoms with Gasteiger partial charge in [-0.3, -0.25) is 9.63 Å². The van der Waals surface area contributed by atoms with Crippen LogP contribution in [0.25, 0.3) is 0 Å². The van der Waals surface area contributed by atoms with E-state index in [4.69, 9.17) is 4.84 Å². The molecule has 3 aliphatic rings. The molecule has 0 aliphatic carbocycles. The monoisotopic (exact) mass is 446 g/mol. The van der Waals surface area contributed by atoms with E-state index in [1.54, 1.807) is 4.90 Å². The molecule has 3 amide bonds. The van der Waals surface area contributed by atoms with Crippen molar-refractivity contribution in [1.82, 2.24) is 14.8 Å². The molecule has 8 nitrogen and oxygen atoms in total. The molecule has 33 heavy (non-hydrogen) atoms. The van der Waals surface area contributed by atoms with E-state index in [-0.39, 0.29) is 18.0 Å². The molecule has 2 bridgehead atoms. The third kappa shape index (κ3) is 4.51. The van der Waals surface area contributed by atoms with E-state index in [2.05, 4.69) is 10.1 Å². The second-order valence-corrected chi connectivity index (χ2v) is 8.89. The number of hydrogen-bond acceptors (Lipinski definition) is 5. The minimum Gasteiger partial charge on any atom is -0.335 e. The Morgan fingerprint density at radius 2 is 2.00 bits per heavy atom. The van der Waals surface area contributed by atoms with Gasteiger partial charge in [-0.1, -0.05) is 36.4 Å². The lowest BCUT2D eigenvalue weighted by Crippen LogP contribution is -2.47. The summed E-state index contributed by atoms with van der Waals surface area (Å²) < 4.78 is 0. The van der Waals surface area contributed by atoms with Crippen molar-refractivity contribution in [3.8, 4) is 0 Å². The molecule has 170 valence electrons. The van der Waals surface area contributed by atoms with Crippen LogP contribution in [0.15, 0.2) is 48.5 Å². The molecule has 0 radical (unpaired) electrons. The fourth-order valence-electron chi connectivity index (χ4n) is 4.96. The lowest BCUT2D eigenvalue weighted by atomic mass is 9.88. The van der Waals surface area contributed by atoms with Crippen LogP contribution in [0.5, 0.6) is 0 Å². The largest absolute Gasteiger partial charge is 0.345 e. The van der Waals surface area contributed by atoms with Gasteiger partial charge in [0.15, 0.2) is 0 Å². The van der Waals surface area contributed by atoms with E-state index in [0.717, 1.165) is 43.4 Å². The van der Waals surface area contributed by atoms with Crippen molar-refractivity contribution in [3.05, 3.63) is 65.2 Å². The number of nitrogens with one attached hydrogen (secondary N) is 1. The van der Waals surface area contributed by atoms with E-state index < -0.39 is 6.04 Å². The van der Waals surface area contributed by atoms with Gasteiger partial charge in [0.2, 0.25) is 5.91 Å². The number of nitrogens with zero attached hydrogens (tertiary/aromatic N) is 3. The Hall–Kier alpha value is -3.17. The highest BCUT2D eigenvalue weighted by atomic mass is 16.7. The van der Waals surface area contributed by atoms with Gasteiger partial charge >= 0.3 is 6.03 Å². The Morgan fingerprint density at radius 1 is 1.15 bits per heavy atom. The first-order valence-electron chi connectivity index (χ1n) is 11.5. The second-order valence-electron chi connectivity index (χ2n) is 8.89. The van der Waals surface area contributed by atoms with E-state index in [9.17, 15) is 14.4 Å². The van der Waals surface area contributed by atoms with Crippen molar-refractivity contribution in [1.29, 1.82) is 0 Å². The smallest absolute Gasteiger partial charge is 0.335 e. The number of carbonyl (C=O) groups excluding carboxylic acids is 3. The number of hydroxylamine groups is 2. The maximum atomic E-state index is 13.1. The SMILES string of the molecule is O=CBN1CCc2cc(NC(=O)[C@@H]3CC[C@@H]4CN3C(=O)N4OCc3ccccc3)ccc2C1. The summed E-state index contributed by atoms with van der Waals surface area (Å²) in [4.78, 5) is 46.4. The number of hydrogen-bond donors (Lipinski definition) is 1. The Kier molecular flexibility index (Phi) is 6.15. The van der Waals surface area contributed by atoms with Crippen molar-refractivity contribution < 1.29 is 19.2 Å². The number of piperidine rings is 1. The first-order chi connectivity index (χ1) is 16.1. The minimum absolute atomic E-state index is 0.0247. The fraction of sp³-hybridized carbons (Fsp3) is 0.375. The highest BCUT2D eigenvalue weighted by Gasteiger charge is 2.47. The van der Waals surface area contributed by atoms with Gasteiger partial charge in [0.05, 0.1) is 12.2 Å². The van der Waals surface area contributed by atoms with Gasteiger partial charge in [-0.25, -0.2) is 4.79 Å². The first kappa shape index (κ1) is 21.7. The standard InChI is InChI=1S/C24H27BN4O4/c30-16-25-27-11-10-18-12-20(7-6-19(18)13-27)26-23(31)22-9-8-21-14-28(22)24(32)29(21)33-15-17-4-2-1-3-5-17/h1-7,12,16,21-22,25H,8-11,13-15H2,(H,26,31)/t21-,22+/m1/s1. The van der Waals surface area contributed by atoms with Crippen LogP contribution in [0.3, 0.4) is 0 Å². The van der Waals surface area contributed by atoms with Crippen LogP contribution in [0.2, 0.25) is 0 Å². The molecule has 3 aliphatic heterocycles. The molecule has 2 aromatic rings. The summed E-state index contributed by atoms with van der Waals surface area (Å²) in [5, 5.41) is 4.46. The Morgan fingerprint density at radius 3 is 2.82 bits per heavy atom. The molecule has 2 fully saturated rings. The lowest BCUT2D eigenvalue weighted by Gasteiger charge is -2.30. The van der Waals surface area contributed by atoms with Gasteiger partial charge in [0.25, 0.3) is 7.41 Å². The first-order valence-corrected chi connectivity index (χ1v) is 11.5. The Balaban J connectivity index is 1.21. The highest BCUT2D eigenvalue weighted by Crippen LogP contribution is 2.31. The van der Waals surface area contributed by atoms with Gasteiger partial charge in [-0.15, -0.1) is 0 Å². The zero-order valence-electron chi connectivity index (χ0n) is 18.5. The summed E-state index contributed by atoms with van der Waals surface area (Å²) in [5.74, 6) is -0.162. The molecule has 9 heteroatoms. The zero-order valence-corrected chi connectivity index (χ0v) is 18.5. The van der Waals surface area contributed by atoms with Gasteiger partial charge in [-0.2, -0.15) is 5.06 Å². The molecule has 0 unspecified atom stereocenters. The maximum absolute atomic E-state index is 13.1. The molecule has 0 aromatic heterocycles. The maximum Gasteiger partial charge on any atom is 0.345 e. The van der Waals surface area contributed by atoms with E-state index >= 15 is 0 Å². The normalized spacial score (nSPS) is 22.1. The van der Waals surface area contributed by atoms with Crippen LogP contribution >= 0.6 is 0 Å². The molecule has 0 spiro atoms. The lowest BCUT2D eigenvalue weighted by molar-refractivity contribution is -0.140. The van der Waals surface area contributed by atoms with Crippen LogP contribution in [0, 0.1) is 0 Å². The minimum atomic E-state index is -0.502. The molecular formula is C24H27BN4O4. The number of benzene rings is 2. The van der Waals surface area contributed by atoms with E-state index in [1.165, 1.54) is 16.2 Å². The quantitative estimate of drug-likeness (QED) is 0.519. The Bertz CT molecular complexity index is 1050. The molecule has 3 heterocycles. The summed E-state index contributed by atoms with van der Waals surface area (Å²) in [6.07, 6.45) is 3.11. The molecule has 2 aromatic carbocycles. The van der Waals surface area contributed by atoms with Crippen LogP contribution in [-0.4, -0.2) is 65.5 Å². The molecule has 2 atom stereocenters. The summed E-state index contributed by atoms with van der Waals surface area (Å²) in [7, 11) is 0.441.